The Hall–Kier alpha value is -1.15. The summed E-state index contributed by atoms with van der Waals surface area (Å²) in [5.41, 5.74) is 3.12. The molecule has 0 saturated carbocycles. The smallest absolute Gasteiger partial charge is 0.260 e. The second-order valence-corrected chi connectivity index (χ2v) is 7.66. The Morgan fingerprint density at radius 2 is 1.96 bits per heavy atom. The summed E-state index contributed by atoms with van der Waals surface area (Å²) in [4.78, 5) is 21.8. The number of anilines is 1. The number of carbonyl (C=O) groups excluding carboxylic acids is 1. The summed E-state index contributed by atoms with van der Waals surface area (Å²) in [6.07, 6.45) is 1.93. The third-order valence-corrected chi connectivity index (χ3v) is 4.80. The van der Waals surface area contributed by atoms with Gasteiger partial charge in [0.1, 0.15) is 10.9 Å². The Morgan fingerprint density at radius 1 is 1.26 bits per heavy atom. The third-order valence-electron chi connectivity index (χ3n) is 3.45. The average molecular weight is 441 g/mol. The number of carbonyl (C=O) groups is 1. The molecule has 0 saturated heterocycles. The van der Waals surface area contributed by atoms with Crippen molar-refractivity contribution in [3.05, 3.63) is 44.4 Å². The van der Waals surface area contributed by atoms with Crippen LogP contribution < -0.4 is 5.32 Å². The summed E-state index contributed by atoms with van der Waals surface area (Å²) in [5.74, 6) is 0.843. The lowest BCUT2D eigenvalue weighted by atomic mass is 10.1. The van der Waals surface area contributed by atoms with Crippen molar-refractivity contribution in [1.29, 1.82) is 0 Å². The normalized spacial score (nSPS) is 10.9. The molecule has 2 aromatic rings. The van der Waals surface area contributed by atoms with Crippen molar-refractivity contribution in [2.75, 3.05) is 11.6 Å². The van der Waals surface area contributed by atoms with Gasteiger partial charge in [0.2, 0.25) is 0 Å². The van der Waals surface area contributed by atoms with Gasteiger partial charge in [-0.2, -0.15) is 0 Å². The predicted molar refractivity (Wildman–Crippen MR) is 104 cm³/mol. The summed E-state index contributed by atoms with van der Waals surface area (Å²) in [5, 5.41) is 3.71. The van der Waals surface area contributed by atoms with Gasteiger partial charge in [-0.1, -0.05) is 13.8 Å². The molecule has 0 fully saturated rings. The minimum Gasteiger partial charge on any atom is -0.322 e. The van der Waals surface area contributed by atoms with Gasteiger partial charge < -0.3 is 5.32 Å². The second kappa shape index (κ2) is 7.61. The van der Waals surface area contributed by atoms with Gasteiger partial charge in [-0.15, -0.1) is 11.8 Å². The molecule has 122 valence electrons. The minimum absolute atomic E-state index is 0.161. The van der Waals surface area contributed by atoms with Crippen LogP contribution in [0.2, 0.25) is 0 Å². The van der Waals surface area contributed by atoms with Crippen LogP contribution in [0.5, 0.6) is 0 Å². The highest BCUT2D eigenvalue weighted by molar-refractivity contribution is 14.1. The molecule has 0 bridgehead atoms. The van der Waals surface area contributed by atoms with Crippen LogP contribution in [0.15, 0.2) is 23.2 Å². The summed E-state index contributed by atoms with van der Waals surface area (Å²) in [6.45, 7) is 7.95. The number of aromatic nitrogens is 2. The van der Waals surface area contributed by atoms with Crippen molar-refractivity contribution < 1.29 is 4.79 Å². The highest BCUT2D eigenvalue weighted by atomic mass is 127. The van der Waals surface area contributed by atoms with Crippen LogP contribution in [0.1, 0.15) is 47.2 Å². The summed E-state index contributed by atoms with van der Waals surface area (Å²) in [7, 11) is 0. The Bertz CT molecular complexity index is 747. The van der Waals surface area contributed by atoms with Gasteiger partial charge in [0.15, 0.2) is 0 Å². The fourth-order valence-electron chi connectivity index (χ4n) is 2.19. The van der Waals surface area contributed by atoms with Gasteiger partial charge in [0.25, 0.3) is 5.91 Å². The van der Waals surface area contributed by atoms with Gasteiger partial charge in [-0.3, -0.25) is 4.79 Å². The number of thioether (sulfide) groups is 1. The number of halogens is 1. The van der Waals surface area contributed by atoms with Crippen LogP contribution in [0.25, 0.3) is 0 Å². The first-order valence-corrected chi connectivity index (χ1v) is 9.63. The first-order valence-electron chi connectivity index (χ1n) is 7.33. The second-order valence-electron chi connectivity index (χ2n) is 5.62. The van der Waals surface area contributed by atoms with Crippen molar-refractivity contribution in [2.45, 2.75) is 38.6 Å². The molecule has 0 aliphatic carbocycles. The number of nitrogens with one attached hydrogen (secondary N) is 1. The van der Waals surface area contributed by atoms with Crippen LogP contribution in [0.3, 0.4) is 0 Å². The zero-order valence-corrected chi connectivity index (χ0v) is 16.9. The zero-order valence-electron chi connectivity index (χ0n) is 13.9. The highest BCUT2D eigenvalue weighted by Gasteiger charge is 2.20. The monoisotopic (exact) mass is 441 g/mol. The van der Waals surface area contributed by atoms with E-state index in [0.717, 1.165) is 25.7 Å². The maximum Gasteiger partial charge on any atom is 0.260 e. The molecule has 4 nitrogen and oxygen atoms in total. The molecule has 0 atom stereocenters. The number of amides is 1. The molecule has 1 N–H and O–H groups in total. The molecule has 6 heteroatoms. The molecule has 23 heavy (non-hydrogen) atoms. The van der Waals surface area contributed by atoms with E-state index in [0.29, 0.717) is 11.3 Å². The van der Waals surface area contributed by atoms with E-state index >= 15 is 0 Å². The number of nitrogens with zero attached hydrogens (tertiary/aromatic N) is 2. The van der Waals surface area contributed by atoms with E-state index in [1.807, 2.05) is 52.1 Å². The Morgan fingerprint density at radius 3 is 2.52 bits per heavy atom. The Labute approximate surface area is 155 Å². The van der Waals surface area contributed by atoms with Crippen LogP contribution in [-0.2, 0) is 0 Å². The molecule has 0 radical (unpaired) electrons. The molecule has 1 aromatic carbocycles. The summed E-state index contributed by atoms with van der Waals surface area (Å²) in [6, 6.07) is 5.94. The molecule has 0 aliphatic heterocycles. The fourth-order valence-corrected chi connectivity index (χ4v) is 3.46. The van der Waals surface area contributed by atoms with Crippen molar-refractivity contribution >= 4 is 45.9 Å². The van der Waals surface area contributed by atoms with Crippen LogP contribution in [-0.4, -0.2) is 22.1 Å². The van der Waals surface area contributed by atoms with E-state index < -0.39 is 0 Å². The third kappa shape index (κ3) is 4.23. The molecule has 0 spiro atoms. The van der Waals surface area contributed by atoms with Crippen molar-refractivity contribution in [1.82, 2.24) is 9.97 Å². The highest BCUT2D eigenvalue weighted by Crippen LogP contribution is 2.25. The van der Waals surface area contributed by atoms with E-state index in [1.165, 1.54) is 11.8 Å². The number of aryl methyl sites for hydroxylation is 2. The van der Waals surface area contributed by atoms with E-state index in [2.05, 4.69) is 37.9 Å². The van der Waals surface area contributed by atoms with E-state index in [-0.39, 0.29) is 11.8 Å². The first kappa shape index (κ1) is 18.2. The van der Waals surface area contributed by atoms with Gasteiger partial charge in [0, 0.05) is 15.2 Å². The van der Waals surface area contributed by atoms with E-state index in [1.54, 1.807) is 0 Å². The standard InChI is InChI=1S/C17H20IN3OS/c1-9(2)15-19-11(4)14(17(21-15)23-5)16(22)20-13-7-6-12(18)8-10(13)3/h6-9H,1-5H3,(H,20,22). The Kier molecular flexibility index (Phi) is 6.02. The molecule has 1 aromatic heterocycles. The molecular weight excluding hydrogens is 421 g/mol. The van der Waals surface area contributed by atoms with Gasteiger partial charge >= 0.3 is 0 Å². The molecular formula is C17H20IN3OS. The number of rotatable bonds is 4. The lowest BCUT2D eigenvalue weighted by molar-refractivity contribution is 0.102. The SMILES string of the molecule is CSc1nc(C(C)C)nc(C)c1C(=O)Nc1ccc(I)cc1C. The minimum atomic E-state index is -0.161. The summed E-state index contributed by atoms with van der Waals surface area (Å²) < 4.78 is 1.14. The quantitative estimate of drug-likeness (QED) is 0.421. The lowest BCUT2D eigenvalue weighted by Gasteiger charge is -2.14. The molecule has 1 amide bonds. The van der Waals surface area contributed by atoms with Crippen LogP contribution in [0.4, 0.5) is 5.69 Å². The van der Waals surface area contributed by atoms with Gasteiger partial charge in [-0.05, 0) is 66.5 Å². The maximum atomic E-state index is 12.7. The number of benzene rings is 1. The average Bonchev–Trinajstić information content (AvgIpc) is 2.48. The maximum absolute atomic E-state index is 12.7. The topological polar surface area (TPSA) is 54.9 Å². The van der Waals surface area contributed by atoms with Gasteiger partial charge in [0.05, 0.1) is 11.3 Å². The van der Waals surface area contributed by atoms with Crippen LogP contribution in [0, 0.1) is 17.4 Å². The van der Waals surface area contributed by atoms with E-state index in [4.69, 9.17) is 0 Å². The molecule has 0 unspecified atom stereocenters. The molecule has 2 rings (SSSR count). The zero-order chi connectivity index (χ0) is 17.1. The van der Waals surface area contributed by atoms with Crippen molar-refractivity contribution in [2.24, 2.45) is 0 Å². The lowest BCUT2D eigenvalue weighted by Crippen LogP contribution is -2.18. The van der Waals surface area contributed by atoms with Crippen molar-refractivity contribution in [3.8, 4) is 0 Å². The largest absolute Gasteiger partial charge is 0.322 e. The fraction of sp³-hybridized carbons (Fsp3) is 0.353. The van der Waals surface area contributed by atoms with E-state index in [9.17, 15) is 4.79 Å². The predicted octanol–water partition coefficient (Wildman–Crippen LogP) is 4.80. The van der Waals surface area contributed by atoms with Crippen LogP contribution >= 0.6 is 34.4 Å². The number of hydrogen-bond acceptors (Lipinski definition) is 4. The molecule has 0 aliphatic rings. The van der Waals surface area contributed by atoms with Crippen molar-refractivity contribution in [3.63, 3.8) is 0 Å². The molecule has 1 heterocycles. The Balaban J connectivity index is 2.39. The first-order chi connectivity index (χ1) is 10.8. The van der Waals surface area contributed by atoms with Gasteiger partial charge in [-0.25, -0.2) is 9.97 Å². The number of hydrogen-bond donors (Lipinski definition) is 1. The summed E-state index contributed by atoms with van der Waals surface area (Å²) >= 11 is 3.73.